The molecule has 0 aromatic heterocycles. The number of amides is 3. The Kier molecular flexibility index (Phi) is 5.89. The fraction of sp³-hybridized carbons (Fsp3) is 0.579. The molecule has 0 spiro atoms. The lowest BCUT2D eigenvalue weighted by atomic mass is 9.93. The standard InChI is InChI=1S/C19H26FN3O2/c20-16-10-4-5-11-17(16)22-19(25)23-12-6-7-14(13-23)18(24)21-15-8-2-1-3-9-15/h4-5,10-11,14-15H,1-3,6-9,12-13H2,(H,21,24)(H,22,25)/t14-/m1/s1. The van der Waals surface area contributed by atoms with Gasteiger partial charge in [-0.25, -0.2) is 9.18 Å². The Hall–Kier alpha value is -2.11. The Balaban J connectivity index is 1.54. The molecule has 1 atom stereocenters. The van der Waals surface area contributed by atoms with E-state index in [0.29, 0.717) is 13.1 Å². The summed E-state index contributed by atoms with van der Waals surface area (Å²) in [4.78, 5) is 26.5. The Labute approximate surface area is 148 Å². The molecular weight excluding hydrogens is 321 g/mol. The number of rotatable bonds is 3. The van der Waals surface area contributed by atoms with Crippen molar-refractivity contribution in [3.05, 3.63) is 30.1 Å². The summed E-state index contributed by atoms with van der Waals surface area (Å²) < 4.78 is 13.7. The van der Waals surface area contributed by atoms with Crippen molar-refractivity contribution in [1.82, 2.24) is 10.2 Å². The Morgan fingerprint density at radius 1 is 1.04 bits per heavy atom. The molecule has 1 aromatic rings. The van der Waals surface area contributed by atoms with Crippen molar-refractivity contribution in [3.8, 4) is 0 Å². The lowest BCUT2D eigenvalue weighted by molar-refractivity contribution is -0.127. The maximum atomic E-state index is 13.7. The van der Waals surface area contributed by atoms with Crippen molar-refractivity contribution in [1.29, 1.82) is 0 Å². The highest BCUT2D eigenvalue weighted by Crippen LogP contribution is 2.21. The molecule has 1 saturated carbocycles. The molecule has 6 heteroatoms. The maximum absolute atomic E-state index is 13.7. The molecule has 25 heavy (non-hydrogen) atoms. The van der Waals surface area contributed by atoms with Crippen LogP contribution in [0.2, 0.25) is 0 Å². The smallest absolute Gasteiger partial charge is 0.321 e. The van der Waals surface area contributed by atoms with Crippen LogP contribution in [0.1, 0.15) is 44.9 Å². The maximum Gasteiger partial charge on any atom is 0.321 e. The van der Waals surface area contributed by atoms with E-state index in [1.54, 1.807) is 17.0 Å². The summed E-state index contributed by atoms with van der Waals surface area (Å²) in [5.74, 6) is -0.586. The predicted octanol–water partition coefficient (Wildman–Crippen LogP) is 3.52. The van der Waals surface area contributed by atoms with Gasteiger partial charge in [0.25, 0.3) is 0 Å². The van der Waals surface area contributed by atoms with Gasteiger partial charge in [-0.15, -0.1) is 0 Å². The molecule has 1 aromatic carbocycles. The zero-order valence-corrected chi connectivity index (χ0v) is 14.5. The first-order valence-corrected chi connectivity index (χ1v) is 9.24. The van der Waals surface area contributed by atoms with Crippen LogP contribution in [0.4, 0.5) is 14.9 Å². The van der Waals surface area contributed by atoms with Crippen LogP contribution in [0, 0.1) is 11.7 Å². The number of hydrogen-bond acceptors (Lipinski definition) is 2. The van der Waals surface area contributed by atoms with Crippen molar-refractivity contribution < 1.29 is 14.0 Å². The number of hydrogen-bond donors (Lipinski definition) is 2. The van der Waals surface area contributed by atoms with E-state index in [9.17, 15) is 14.0 Å². The molecule has 5 nitrogen and oxygen atoms in total. The summed E-state index contributed by atoms with van der Waals surface area (Å²) in [5.41, 5.74) is 0.168. The predicted molar refractivity (Wildman–Crippen MR) is 94.7 cm³/mol. The molecule has 3 amide bonds. The van der Waals surface area contributed by atoms with E-state index in [1.165, 1.54) is 31.4 Å². The molecule has 136 valence electrons. The number of nitrogens with zero attached hydrogens (tertiary/aromatic N) is 1. The number of urea groups is 1. The third kappa shape index (κ3) is 4.71. The number of para-hydroxylation sites is 1. The second-order valence-corrected chi connectivity index (χ2v) is 7.04. The van der Waals surface area contributed by atoms with Gasteiger partial charge in [0.1, 0.15) is 5.82 Å². The first-order chi connectivity index (χ1) is 12.1. The van der Waals surface area contributed by atoms with Crippen molar-refractivity contribution in [2.45, 2.75) is 51.0 Å². The van der Waals surface area contributed by atoms with Gasteiger partial charge in [-0.1, -0.05) is 31.4 Å². The first-order valence-electron chi connectivity index (χ1n) is 9.24. The molecule has 0 bridgehead atoms. The van der Waals surface area contributed by atoms with Gasteiger partial charge in [0.05, 0.1) is 11.6 Å². The largest absolute Gasteiger partial charge is 0.353 e. The quantitative estimate of drug-likeness (QED) is 0.879. The summed E-state index contributed by atoms with van der Waals surface area (Å²) in [6, 6.07) is 6.04. The van der Waals surface area contributed by atoms with Gasteiger partial charge >= 0.3 is 6.03 Å². The van der Waals surface area contributed by atoms with E-state index in [2.05, 4.69) is 10.6 Å². The van der Waals surface area contributed by atoms with E-state index in [-0.39, 0.29) is 29.6 Å². The highest BCUT2D eigenvalue weighted by Gasteiger charge is 2.30. The molecule has 2 N–H and O–H groups in total. The van der Waals surface area contributed by atoms with Crippen LogP contribution < -0.4 is 10.6 Å². The van der Waals surface area contributed by atoms with Crippen LogP contribution in [0.25, 0.3) is 0 Å². The number of nitrogens with one attached hydrogen (secondary N) is 2. The van der Waals surface area contributed by atoms with E-state index in [0.717, 1.165) is 25.7 Å². The number of piperidine rings is 1. The molecule has 1 heterocycles. The number of carbonyl (C=O) groups is 2. The summed E-state index contributed by atoms with van der Waals surface area (Å²) in [5, 5.41) is 5.75. The van der Waals surface area contributed by atoms with Crippen LogP contribution in [0.5, 0.6) is 0 Å². The zero-order chi connectivity index (χ0) is 17.6. The number of likely N-dealkylation sites (tertiary alicyclic amines) is 1. The Bertz CT molecular complexity index is 616. The monoisotopic (exact) mass is 347 g/mol. The van der Waals surface area contributed by atoms with Crippen LogP contribution in [-0.2, 0) is 4.79 Å². The lowest BCUT2D eigenvalue weighted by Gasteiger charge is -2.33. The van der Waals surface area contributed by atoms with Crippen LogP contribution in [-0.4, -0.2) is 36.0 Å². The Morgan fingerprint density at radius 3 is 2.56 bits per heavy atom. The average Bonchev–Trinajstić information content (AvgIpc) is 2.64. The summed E-state index contributed by atoms with van der Waals surface area (Å²) in [6.45, 7) is 0.979. The molecule has 0 unspecified atom stereocenters. The normalized spacial score (nSPS) is 21.6. The average molecular weight is 347 g/mol. The third-order valence-corrected chi connectivity index (χ3v) is 5.15. The van der Waals surface area contributed by atoms with Crippen molar-refractivity contribution >= 4 is 17.6 Å². The van der Waals surface area contributed by atoms with Gasteiger partial charge in [-0.3, -0.25) is 4.79 Å². The molecule has 1 aliphatic carbocycles. The highest BCUT2D eigenvalue weighted by atomic mass is 19.1. The van der Waals surface area contributed by atoms with Crippen molar-refractivity contribution in [3.63, 3.8) is 0 Å². The number of anilines is 1. The minimum atomic E-state index is -0.459. The van der Waals surface area contributed by atoms with E-state index in [1.807, 2.05) is 0 Å². The summed E-state index contributed by atoms with van der Waals surface area (Å²) in [6.07, 6.45) is 7.28. The lowest BCUT2D eigenvalue weighted by Crippen LogP contribution is -2.49. The molecular formula is C19H26FN3O2. The molecule has 2 aliphatic rings. The minimum Gasteiger partial charge on any atom is -0.353 e. The second-order valence-electron chi connectivity index (χ2n) is 7.04. The second kappa shape index (κ2) is 8.32. The fourth-order valence-corrected chi connectivity index (χ4v) is 3.70. The number of carbonyl (C=O) groups excluding carboxylic acids is 2. The fourth-order valence-electron chi connectivity index (χ4n) is 3.70. The van der Waals surface area contributed by atoms with E-state index >= 15 is 0 Å². The van der Waals surface area contributed by atoms with Gasteiger partial charge in [-0.2, -0.15) is 0 Å². The number of benzene rings is 1. The number of halogens is 1. The van der Waals surface area contributed by atoms with Gasteiger partial charge in [0.15, 0.2) is 0 Å². The van der Waals surface area contributed by atoms with E-state index in [4.69, 9.17) is 0 Å². The molecule has 1 aliphatic heterocycles. The van der Waals surface area contributed by atoms with Crippen molar-refractivity contribution in [2.24, 2.45) is 5.92 Å². The first kappa shape index (κ1) is 17.7. The Morgan fingerprint density at radius 2 is 1.80 bits per heavy atom. The minimum absolute atomic E-state index is 0.0512. The summed E-state index contributed by atoms with van der Waals surface area (Å²) >= 11 is 0. The third-order valence-electron chi connectivity index (χ3n) is 5.15. The molecule has 0 radical (unpaired) electrons. The van der Waals surface area contributed by atoms with Gasteiger partial charge in [0.2, 0.25) is 5.91 Å². The summed E-state index contributed by atoms with van der Waals surface area (Å²) in [7, 11) is 0. The molecule has 3 rings (SSSR count). The van der Waals surface area contributed by atoms with Crippen molar-refractivity contribution in [2.75, 3.05) is 18.4 Å². The van der Waals surface area contributed by atoms with Gasteiger partial charge in [0, 0.05) is 19.1 Å². The van der Waals surface area contributed by atoms with Gasteiger partial charge in [-0.05, 0) is 37.8 Å². The van der Waals surface area contributed by atoms with E-state index < -0.39 is 5.82 Å². The SMILES string of the molecule is O=C(NC1CCCCC1)[C@@H]1CCCN(C(=O)Nc2ccccc2F)C1. The van der Waals surface area contributed by atoms with Crippen LogP contribution in [0.3, 0.4) is 0 Å². The van der Waals surface area contributed by atoms with Gasteiger partial charge < -0.3 is 15.5 Å². The molecule has 2 fully saturated rings. The molecule has 1 saturated heterocycles. The zero-order valence-electron chi connectivity index (χ0n) is 14.5. The van der Waals surface area contributed by atoms with Crippen LogP contribution in [0.15, 0.2) is 24.3 Å². The van der Waals surface area contributed by atoms with Crippen LogP contribution >= 0.6 is 0 Å². The topological polar surface area (TPSA) is 61.4 Å². The highest BCUT2D eigenvalue weighted by molar-refractivity contribution is 5.90.